The number of nitrogens with zero attached hydrogens (tertiary/aromatic N) is 3. The predicted octanol–water partition coefficient (Wildman–Crippen LogP) is 3.24. The number of sulfonamides is 1. The molecule has 208 valence electrons. The molecule has 2 spiro atoms. The van der Waals surface area contributed by atoms with Crippen LogP contribution in [-0.4, -0.2) is 62.8 Å². The van der Waals surface area contributed by atoms with Gasteiger partial charge in [0.05, 0.1) is 29.0 Å². The normalized spacial score (nSPS) is 20.9. The van der Waals surface area contributed by atoms with Crippen molar-refractivity contribution in [2.75, 3.05) is 52.3 Å². The number of hydrogen-bond acceptors (Lipinski definition) is 7. The summed E-state index contributed by atoms with van der Waals surface area (Å²) in [5, 5.41) is 12.1. The Labute approximate surface area is 228 Å². The molecule has 1 aromatic carbocycles. The molecular formula is C28H35N5O5S. The largest absolute Gasteiger partial charge is 0.395 e. The average Bonchev–Trinajstić information content (AvgIpc) is 3.40. The van der Waals surface area contributed by atoms with Crippen molar-refractivity contribution in [3.8, 4) is 0 Å². The number of carbonyl (C=O) groups is 2. The summed E-state index contributed by atoms with van der Waals surface area (Å²) < 4.78 is 26.9. The number of aliphatic hydroxyl groups is 1. The van der Waals surface area contributed by atoms with E-state index in [9.17, 15) is 18.0 Å². The van der Waals surface area contributed by atoms with Crippen LogP contribution in [-0.2, 0) is 20.2 Å². The summed E-state index contributed by atoms with van der Waals surface area (Å²) in [4.78, 5) is 34.9. The Morgan fingerprint density at radius 1 is 1.05 bits per heavy atom. The topological polar surface area (TPSA) is 132 Å². The molecule has 10 nitrogen and oxygen atoms in total. The number of hydrogen-bond donors (Lipinski definition) is 3. The fraction of sp³-hybridized carbons (Fsp3) is 0.536. The number of piperidine rings is 1. The smallest absolute Gasteiger partial charge is 0.259 e. The summed E-state index contributed by atoms with van der Waals surface area (Å²) in [6.45, 7) is 1.06. The SMILES string of the molecule is CN1C(=O)C2(CCCC2)c2cc(NC(=O)c3cnc(NS(=O)(=O)CCO)cc3N3CCC4(CC3)CC4)ccc21. The first-order valence-electron chi connectivity index (χ1n) is 13.8. The number of pyridine rings is 1. The van der Waals surface area contributed by atoms with Gasteiger partial charge in [-0.3, -0.25) is 14.3 Å². The highest BCUT2D eigenvalue weighted by atomic mass is 32.2. The van der Waals surface area contributed by atoms with E-state index in [4.69, 9.17) is 5.11 Å². The fourth-order valence-corrected chi connectivity index (χ4v) is 7.43. The summed E-state index contributed by atoms with van der Waals surface area (Å²) in [5.74, 6) is -0.533. The van der Waals surface area contributed by atoms with Gasteiger partial charge in [0, 0.05) is 43.8 Å². The molecule has 11 heteroatoms. The molecule has 2 aliphatic carbocycles. The van der Waals surface area contributed by atoms with E-state index in [2.05, 4.69) is 19.9 Å². The van der Waals surface area contributed by atoms with Crippen molar-refractivity contribution >= 4 is 44.7 Å². The molecular weight excluding hydrogens is 518 g/mol. The van der Waals surface area contributed by atoms with Crippen LogP contribution in [0.4, 0.5) is 22.9 Å². The maximum Gasteiger partial charge on any atom is 0.259 e. The van der Waals surface area contributed by atoms with Crippen LogP contribution >= 0.6 is 0 Å². The van der Waals surface area contributed by atoms with E-state index < -0.39 is 27.8 Å². The second-order valence-electron chi connectivity index (χ2n) is 11.6. The highest BCUT2D eigenvalue weighted by Gasteiger charge is 2.51. The van der Waals surface area contributed by atoms with Crippen LogP contribution in [0.25, 0.3) is 0 Å². The van der Waals surface area contributed by atoms with Crippen LogP contribution in [0.2, 0.25) is 0 Å². The zero-order chi connectivity index (χ0) is 27.4. The summed E-state index contributed by atoms with van der Waals surface area (Å²) >= 11 is 0. The van der Waals surface area contributed by atoms with Crippen LogP contribution in [0.15, 0.2) is 30.5 Å². The number of carbonyl (C=O) groups excluding carboxylic acids is 2. The first-order valence-corrected chi connectivity index (χ1v) is 15.4. The Bertz CT molecular complexity index is 1420. The second kappa shape index (κ2) is 9.48. The van der Waals surface area contributed by atoms with Gasteiger partial charge < -0.3 is 20.2 Å². The van der Waals surface area contributed by atoms with Gasteiger partial charge in [-0.15, -0.1) is 0 Å². The minimum atomic E-state index is -3.76. The highest BCUT2D eigenvalue weighted by Crippen LogP contribution is 2.54. The summed E-state index contributed by atoms with van der Waals surface area (Å²) in [6.07, 6.45) is 9.63. The number of fused-ring (bicyclic) bond motifs is 2. The Kier molecular flexibility index (Phi) is 6.33. The Balaban J connectivity index is 1.29. The molecule has 2 amide bonds. The van der Waals surface area contributed by atoms with E-state index in [1.54, 1.807) is 11.0 Å². The minimum absolute atomic E-state index is 0.115. The molecule has 1 aromatic heterocycles. The standard InChI is InChI=1S/C28H35N5O5S/c1-32-22-5-4-19(16-21(22)28(26(32)36)6-2-3-7-28)30-25(35)20-18-29-24(31-39(37,38)15-14-34)17-23(20)33-12-10-27(8-9-27)11-13-33/h4-5,16-18,34H,2-3,6-15H2,1H3,(H,29,31)(H,30,35). The number of benzene rings is 1. The molecule has 3 fully saturated rings. The van der Waals surface area contributed by atoms with E-state index >= 15 is 0 Å². The van der Waals surface area contributed by atoms with Gasteiger partial charge in [-0.1, -0.05) is 12.8 Å². The monoisotopic (exact) mass is 553 g/mol. The molecule has 1 saturated heterocycles. The predicted molar refractivity (Wildman–Crippen MR) is 150 cm³/mol. The lowest BCUT2D eigenvalue weighted by atomic mass is 9.80. The summed E-state index contributed by atoms with van der Waals surface area (Å²) in [7, 11) is -1.95. The molecule has 2 aromatic rings. The highest BCUT2D eigenvalue weighted by molar-refractivity contribution is 7.92. The molecule has 3 N–H and O–H groups in total. The zero-order valence-corrected chi connectivity index (χ0v) is 23.0. The molecule has 0 bridgehead atoms. The van der Waals surface area contributed by atoms with Crippen molar-refractivity contribution in [2.45, 2.75) is 56.8 Å². The van der Waals surface area contributed by atoms with Crippen molar-refractivity contribution in [3.63, 3.8) is 0 Å². The van der Waals surface area contributed by atoms with Gasteiger partial charge in [0.2, 0.25) is 15.9 Å². The summed E-state index contributed by atoms with van der Waals surface area (Å²) in [6, 6.07) is 7.26. The molecule has 0 atom stereocenters. The van der Waals surface area contributed by atoms with E-state index in [1.165, 1.54) is 19.0 Å². The lowest BCUT2D eigenvalue weighted by molar-refractivity contribution is -0.122. The molecule has 0 unspecified atom stereocenters. The zero-order valence-electron chi connectivity index (χ0n) is 22.2. The number of nitrogens with one attached hydrogen (secondary N) is 2. The number of aliphatic hydroxyl groups excluding tert-OH is 1. The Hall–Kier alpha value is -3.18. The number of likely N-dealkylation sites (N-methyl/N-ethyl adjacent to an activating group) is 1. The van der Waals surface area contributed by atoms with Crippen molar-refractivity contribution in [1.29, 1.82) is 0 Å². The molecule has 2 saturated carbocycles. The van der Waals surface area contributed by atoms with Crippen molar-refractivity contribution < 1.29 is 23.1 Å². The molecule has 2 aliphatic heterocycles. The summed E-state index contributed by atoms with van der Waals surface area (Å²) in [5.41, 5.74) is 3.40. The molecule has 0 radical (unpaired) electrons. The second-order valence-corrected chi connectivity index (χ2v) is 13.4. The van der Waals surface area contributed by atoms with Gasteiger partial charge in [-0.2, -0.15) is 0 Å². The Morgan fingerprint density at radius 3 is 2.44 bits per heavy atom. The minimum Gasteiger partial charge on any atom is -0.395 e. The van der Waals surface area contributed by atoms with Crippen molar-refractivity contribution in [1.82, 2.24) is 4.98 Å². The maximum absolute atomic E-state index is 13.6. The van der Waals surface area contributed by atoms with Crippen molar-refractivity contribution in [2.24, 2.45) is 5.41 Å². The quantitative estimate of drug-likeness (QED) is 0.480. The third kappa shape index (κ3) is 4.65. The van der Waals surface area contributed by atoms with Gasteiger partial charge in [0.15, 0.2) is 0 Å². The molecule has 4 aliphatic rings. The van der Waals surface area contributed by atoms with Gasteiger partial charge in [0.25, 0.3) is 5.91 Å². The average molecular weight is 554 g/mol. The van der Waals surface area contributed by atoms with Gasteiger partial charge in [0.1, 0.15) is 5.82 Å². The van der Waals surface area contributed by atoms with Gasteiger partial charge in [-0.25, -0.2) is 13.4 Å². The van der Waals surface area contributed by atoms with E-state index in [1.807, 2.05) is 25.2 Å². The van der Waals surface area contributed by atoms with Crippen LogP contribution in [0, 0.1) is 5.41 Å². The lowest BCUT2D eigenvalue weighted by Crippen LogP contribution is -2.36. The van der Waals surface area contributed by atoms with Crippen LogP contribution in [0.3, 0.4) is 0 Å². The fourth-order valence-electron chi connectivity index (χ4n) is 6.66. The van der Waals surface area contributed by atoms with E-state index in [0.717, 1.165) is 62.9 Å². The molecule has 3 heterocycles. The number of aromatic nitrogens is 1. The number of rotatable bonds is 7. The van der Waals surface area contributed by atoms with Gasteiger partial charge in [-0.05, 0) is 67.7 Å². The maximum atomic E-state index is 13.6. The number of anilines is 4. The first-order chi connectivity index (χ1) is 18.7. The van der Waals surface area contributed by atoms with Crippen LogP contribution < -0.4 is 19.8 Å². The van der Waals surface area contributed by atoms with E-state index in [-0.39, 0.29) is 17.6 Å². The van der Waals surface area contributed by atoms with Gasteiger partial charge >= 0.3 is 0 Å². The van der Waals surface area contributed by atoms with Crippen LogP contribution in [0.1, 0.15) is 67.3 Å². The third-order valence-electron chi connectivity index (χ3n) is 9.17. The molecule has 39 heavy (non-hydrogen) atoms. The lowest BCUT2D eigenvalue weighted by Gasteiger charge is -2.35. The first kappa shape index (κ1) is 26.1. The third-order valence-corrected chi connectivity index (χ3v) is 10.4. The van der Waals surface area contributed by atoms with Crippen molar-refractivity contribution in [3.05, 3.63) is 41.6 Å². The van der Waals surface area contributed by atoms with E-state index in [0.29, 0.717) is 22.4 Å². The van der Waals surface area contributed by atoms with Crippen LogP contribution in [0.5, 0.6) is 0 Å². The Morgan fingerprint density at radius 2 is 1.77 bits per heavy atom. The number of amides is 2. The molecule has 6 rings (SSSR count).